The monoisotopic (exact) mass is 313 g/mol. The molecular formula is C12H6ClF2N3O3. The van der Waals surface area contributed by atoms with Crippen LogP contribution in [0.2, 0.25) is 5.15 Å². The molecule has 6 nitrogen and oxygen atoms in total. The number of carbonyl (C=O) groups excluding carboxylic acids is 1. The lowest BCUT2D eigenvalue weighted by atomic mass is 10.1. The van der Waals surface area contributed by atoms with E-state index < -0.39 is 33.7 Å². The van der Waals surface area contributed by atoms with E-state index in [0.717, 1.165) is 0 Å². The third-order valence-electron chi connectivity index (χ3n) is 2.50. The topological polar surface area (TPSA) is 85.1 Å². The summed E-state index contributed by atoms with van der Waals surface area (Å²) >= 11 is 5.70. The van der Waals surface area contributed by atoms with Crippen LogP contribution in [0.15, 0.2) is 30.5 Å². The number of carbonyl (C=O) groups is 1. The molecule has 1 heterocycles. The van der Waals surface area contributed by atoms with Crippen LogP contribution >= 0.6 is 11.6 Å². The van der Waals surface area contributed by atoms with E-state index >= 15 is 0 Å². The van der Waals surface area contributed by atoms with Crippen molar-refractivity contribution in [1.29, 1.82) is 0 Å². The van der Waals surface area contributed by atoms with Crippen molar-refractivity contribution >= 4 is 28.9 Å². The molecule has 2 rings (SSSR count). The van der Waals surface area contributed by atoms with Crippen LogP contribution in [0.3, 0.4) is 0 Å². The maximum atomic E-state index is 13.8. The quantitative estimate of drug-likeness (QED) is 0.536. The summed E-state index contributed by atoms with van der Waals surface area (Å²) in [4.78, 5) is 25.1. The summed E-state index contributed by atoms with van der Waals surface area (Å²) in [6.45, 7) is 0. The average Bonchev–Trinajstić information content (AvgIpc) is 2.41. The standard InChI is InChI=1S/C12H6ClF2N3O3/c13-11-7(2-1-5-16-11)17-12(19)9-6(14)3-4-8(10(9)15)18(20)21/h1-5H,(H,17,19). The Bertz CT molecular complexity index is 740. The summed E-state index contributed by atoms with van der Waals surface area (Å²) in [5.74, 6) is -3.99. The number of aromatic nitrogens is 1. The van der Waals surface area contributed by atoms with Gasteiger partial charge in [-0.1, -0.05) is 11.6 Å². The molecule has 108 valence electrons. The highest BCUT2D eigenvalue weighted by atomic mass is 35.5. The van der Waals surface area contributed by atoms with Crippen LogP contribution in [-0.4, -0.2) is 15.8 Å². The third-order valence-corrected chi connectivity index (χ3v) is 2.80. The summed E-state index contributed by atoms with van der Waals surface area (Å²) in [6, 6.07) is 4.08. The summed E-state index contributed by atoms with van der Waals surface area (Å²) in [7, 11) is 0. The number of anilines is 1. The van der Waals surface area contributed by atoms with Crippen molar-refractivity contribution in [2.75, 3.05) is 5.32 Å². The predicted octanol–water partition coefficient (Wildman–Crippen LogP) is 3.17. The van der Waals surface area contributed by atoms with Gasteiger partial charge in [0.15, 0.2) is 5.15 Å². The summed E-state index contributed by atoms with van der Waals surface area (Å²) in [5, 5.41) is 12.7. The number of pyridine rings is 1. The fourth-order valence-electron chi connectivity index (χ4n) is 1.55. The van der Waals surface area contributed by atoms with Gasteiger partial charge in [-0.2, -0.15) is 4.39 Å². The SMILES string of the molecule is O=C(Nc1cccnc1Cl)c1c(F)ccc([N+](=O)[O-])c1F. The van der Waals surface area contributed by atoms with E-state index in [2.05, 4.69) is 10.3 Å². The number of rotatable bonds is 3. The molecule has 0 fully saturated rings. The smallest absolute Gasteiger partial charge is 0.305 e. The second kappa shape index (κ2) is 5.80. The lowest BCUT2D eigenvalue weighted by molar-refractivity contribution is -0.387. The number of benzene rings is 1. The number of nitrogens with one attached hydrogen (secondary N) is 1. The molecule has 1 aromatic heterocycles. The first kappa shape index (κ1) is 14.8. The second-order valence-corrected chi connectivity index (χ2v) is 4.17. The summed E-state index contributed by atoms with van der Waals surface area (Å²) in [5.41, 5.74) is -2.04. The fourth-order valence-corrected chi connectivity index (χ4v) is 1.72. The number of nitrogens with zero attached hydrogens (tertiary/aromatic N) is 2. The van der Waals surface area contributed by atoms with Crippen molar-refractivity contribution in [3.63, 3.8) is 0 Å². The van der Waals surface area contributed by atoms with Crippen molar-refractivity contribution in [2.45, 2.75) is 0 Å². The van der Waals surface area contributed by atoms with E-state index in [0.29, 0.717) is 12.1 Å². The lowest BCUT2D eigenvalue weighted by Gasteiger charge is -2.08. The molecule has 0 bridgehead atoms. The zero-order chi connectivity index (χ0) is 15.6. The maximum absolute atomic E-state index is 13.8. The normalized spacial score (nSPS) is 10.2. The van der Waals surface area contributed by atoms with Crippen LogP contribution in [0.25, 0.3) is 0 Å². The van der Waals surface area contributed by atoms with Gasteiger partial charge < -0.3 is 5.32 Å². The van der Waals surface area contributed by atoms with Crippen LogP contribution in [0.5, 0.6) is 0 Å². The molecule has 1 amide bonds. The number of nitro benzene ring substituents is 1. The Hall–Kier alpha value is -2.61. The molecule has 0 unspecified atom stereocenters. The van der Waals surface area contributed by atoms with Gasteiger partial charge >= 0.3 is 5.69 Å². The zero-order valence-corrected chi connectivity index (χ0v) is 10.9. The van der Waals surface area contributed by atoms with Gasteiger partial charge in [0.25, 0.3) is 5.91 Å². The molecule has 9 heteroatoms. The van der Waals surface area contributed by atoms with Gasteiger partial charge in [-0.15, -0.1) is 0 Å². The van der Waals surface area contributed by atoms with E-state index in [1.54, 1.807) is 0 Å². The molecule has 1 N–H and O–H groups in total. The van der Waals surface area contributed by atoms with Crippen LogP contribution in [0.4, 0.5) is 20.2 Å². The second-order valence-electron chi connectivity index (χ2n) is 3.81. The first-order chi connectivity index (χ1) is 9.91. The molecule has 1 aromatic carbocycles. The molecule has 0 atom stereocenters. The van der Waals surface area contributed by atoms with E-state index in [-0.39, 0.29) is 10.8 Å². The van der Waals surface area contributed by atoms with E-state index in [1.807, 2.05) is 0 Å². The van der Waals surface area contributed by atoms with E-state index in [4.69, 9.17) is 11.6 Å². The molecule has 0 spiro atoms. The van der Waals surface area contributed by atoms with Gasteiger partial charge in [-0.05, 0) is 18.2 Å². The molecule has 0 saturated heterocycles. The average molecular weight is 314 g/mol. The van der Waals surface area contributed by atoms with Gasteiger partial charge in [0.1, 0.15) is 11.4 Å². The van der Waals surface area contributed by atoms with Crippen molar-refractivity contribution in [2.24, 2.45) is 0 Å². The lowest BCUT2D eigenvalue weighted by Crippen LogP contribution is -2.17. The Morgan fingerprint density at radius 2 is 2.05 bits per heavy atom. The van der Waals surface area contributed by atoms with Gasteiger partial charge in [0.2, 0.25) is 5.82 Å². The molecule has 0 aliphatic heterocycles. The van der Waals surface area contributed by atoms with Gasteiger partial charge in [-0.3, -0.25) is 14.9 Å². The summed E-state index contributed by atoms with van der Waals surface area (Å²) in [6.07, 6.45) is 1.35. The van der Waals surface area contributed by atoms with Crippen LogP contribution in [0.1, 0.15) is 10.4 Å². The van der Waals surface area contributed by atoms with Crippen molar-refractivity contribution in [3.8, 4) is 0 Å². The minimum atomic E-state index is -1.56. The number of amides is 1. The molecule has 21 heavy (non-hydrogen) atoms. The summed E-state index contributed by atoms with van der Waals surface area (Å²) < 4.78 is 27.4. The molecule has 0 aliphatic rings. The van der Waals surface area contributed by atoms with Gasteiger partial charge in [0, 0.05) is 12.3 Å². The minimum absolute atomic E-state index is 0.0227. The van der Waals surface area contributed by atoms with Gasteiger partial charge in [0.05, 0.1) is 10.6 Å². The first-order valence-corrected chi connectivity index (χ1v) is 5.84. The Labute approximate surface area is 121 Å². The van der Waals surface area contributed by atoms with Crippen LogP contribution in [-0.2, 0) is 0 Å². The third kappa shape index (κ3) is 2.95. The van der Waals surface area contributed by atoms with E-state index in [1.165, 1.54) is 18.3 Å². The Kier molecular flexibility index (Phi) is 4.08. The van der Waals surface area contributed by atoms with Crippen molar-refractivity contribution in [1.82, 2.24) is 4.98 Å². The molecule has 0 saturated carbocycles. The molecule has 0 radical (unpaired) electrons. The Balaban J connectivity index is 2.42. The minimum Gasteiger partial charge on any atom is -0.319 e. The highest BCUT2D eigenvalue weighted by Gasteiger charge is 2.26. The van der Waals surface area contributed by atoms with Crippen LogP contribution in [0, 0.1) is 21.7 Å². The zero-order valence-electron chi connectivity index (χ0n) is 10.1. The predicted molar refractivity (Wildman–Crippen MR) is 70.2 cm³/mol. The molecule has 0 aliphatic carbocycles. The maximum Gasteiger partial charge on any atom is 0.305 e. The highest BCUT2D eigenvalue weighted by molar-refractivity contribution is 6.32. The molecule has 2 aromatic rings. The number of halogens is 3. The van der Waals surface area contributed by atoms with Crippen LogP contribution < -0.4 is 5.32 Å². The largest absolute Gasteiger partial charge is 0.319 e. The Morgan fingerprint density at radius 1 is 1.33 bits per heavy atom. The van der Waals surface area contributed by atoms with Crippen molar-refractivity contribution in [3.05, 3.63) is 62.9 Å². The Morgan fingerprint density at radius 3 is 2.67 bits per heavy atom. The molecular weight excluding hydrogens is 308 g/mol. The number of nitro groups is 1. The number of hydrogen-bond donors (Lipinski definition) is 1. The van der Waals surface area contributed by atoms with E-state index in [9.17, 15) is 23.7 Å². The first-order valence-electron chi connectivity index (χ1n) is 5.46. The number of hydrogen-bond acceptors (Lipinski definition) is 4. The van der Waals surface area contributed by atoms with Crippen molar-refractivity contribution < 1.29 is 18.5 Å². The highest BCUT2D eigenvalue weighted by Crippen LogP contribution is 2.25. The fraction of sp³-hybridized carbons (Fsp3) is 0. The van der Waals surface area contributed by atoms with Gasteiger partial charge in [-0.25, -0.2) is 9.37 Å².